The Balaban J connectivity index is 4.67. The molecule has 0 aromatic rings. The molecule has 0 saturated heterocycles. The molecule has 0 aromatic heterocycles. The van der Waals surface area contributed by atoms with Crippen LogP contribution in [0, 0.1) is 10.8 Å². The van der Waals surface area contributed by atoms with Crippen molar-refractivity contribution in [2.24, 2.45) is 10.8 Å². The van der Waals surface area contributed by atoms with E-state index in [1.54, 1.807) is 27.7 Å². The Morgan fingerprint density at radius 3 is 1.21 bits per heavy atom. The first kappa shape index (κ1) is 12.9. The molecule has 4 nitrogen and oxygen atoms in total. The molecule has 0 aromatic carbocycles. The Bertz CT molecular complexity index is 215. The highest BCUT2D eigenvalue weighted by Gasteiger charge is 2.40. The van der Waals surface area contributed by atoms with E-state index in [9.17, 15) is 9.59 Å². The van der Waals surface area contributed by atoms with Crippen LogP contribution in [0.2, 0.25) is 0 Å². The topological polar surface area (TPSA) is 74.6 Å². The molecular formula is C10H18O4. The third-order valence-electron chi connectivity index (χ3n) is 3.02. The number of carbonyl (C=O) groups is 2. The minimum atomic E-state index is -0.895. The summed E-state index contributed by atoms with van der Waals surface area (Å²) >= 11 is 0. The van der Waals surface area contributed by atoms with Crippen molar-refractivity contribution in [1.29, 1.82) is 0 Å². The zero-order valence-electron chi connectivity index (χ0n) is 9.13. The van der Waals surface area contributed by atoms with E-state index in [2.05, 4.69) is 0 Å². The van der Waals surface area contributed by atoms with Crippen LogP contribution in [0.3, 0.4) is 0 Å². The number of rotatable bonds is 5. The van der Waals surface area contributed by atoms with E-state index in [0.29, 0.717) is 0 Å². The second-order valence-electron chi connectivity index (χ2n) is 4.91. The first-order valence-electron chi connectivity index (χ1n) is 4.52. The maximum absolute atomic E-state index is 10.6. The summed E-state index contributed by atoms with van der Waals surface area (Å²) < 4.78 is 0. The van der Waals surface area contributed by atoms with Gasteiger partial charge in [0.05, 0.1) is 12.8 Å². The predicted molar refractivity (Wildman–Crippen MR) is 52.1 cm³/mol. The summed E-state index contributed by atoms with van der Waals surface area (Å²) in [5.74, 6) is -1.79. The molecule has 0 amide bonds. The number of carboxylic acid groups (broad SMARTS) is 2. The Labute approximate surface area is 83.9 Å². The lowest BCUT2D eigenvalue weighted by molar-refractivity contribution is -0.146. The molecule has 82 valence electrons. The van der Waals surface area contributed by atoms with Gasteiger partial charge in [-0.25, -0.2) is 0 Å². The number of carboxylic acids is 2. The van der Waals surface area contributed by atoms with E-state index < -0.39 is 22.8 Å². The summed E-state index contributed by atoms with van der Waals surface area (Å²) in [6.45, 7) is 7.13. The SMILES string of the molecule is CC(C)(CC(=O)O)C(C)(C)CC(=O)O. The predicted octanol–water partition coefficient (Wildman–Crippen LogP) is 1.99. The molecule has 0 fully saturated rings. The van der Waals surface area contributed by atoms with Gasteiger partial charge in [0, 0.05) is 0 Å². The molecule has 0 unspecified atom stereocenters. The molecule has 0 aliphatic rings. The van der Waals surface area contributed by atoms with Gasteiger partial charge in [-0.05, 0) is 10.8 Å². The van der Waals surface area contributed by atoms with Crippen LogP contribution in [0.4, 0.5) is 0 Å². The van der Waals surface area contributed by atoms with Gasteiger partial charge in [-0.15, -0.1) is 0 Å². The van der Waals surface area contributed by atoms with Gasteiger partial charge in [0.2, 0.25) is 0 Å². The Morgan fingerprint density at radius 2 is 1.07 bits per heavy atom. The molecule has 2 N–H and O–H groups in total. The van der Waals surface area contributed by atoms with Crippen LogP contribution in [-0.2, 0) is 9.59 Å². The lowest BCUT2D eigenvalue weighted by Crippen LogP contribution is -2.36. The molecule has 0 saturated carbocycles. The van der Waals surface area contributed by atoms with Gasteiger partial charge in [-0.2, -0.15) is 0 Å². The highest BCUT2D eigenvalue weighted by Crippen LogP contribution is 2.43. The van der Waals surface area contributed by atoms with Gasteiger partial charge in [-0.3, -0.25) is 9.59 Å². The summed E-state index contributed by atoms with van der Waals surface area (Å²) in [4.78, 5) is 21.2. The van der Waals surface area contributed by atoms with Crippen molar-refractivity contribution >= 4 is 11.9 Å². The quantitative estimate of drug-likeness (QED) is 0.714. The fourth-order valence-corrected chi connectivity index (χ4v) is 1.23. The third kappa shape index (κ3) is 3.36. The standard InChI is InChI=1S/C10H18O4/c1-9(2,5-7(11)12)10(3,4)6-8(13)14/h5-6H2,1-4H3,(H,11,12)(H,13,14). The Hall–Kier alpha value is -1.06. The minimum Gasteiger partial charge on any atom is -0.481 e. The highest BCUT2D eigenvalue weighted by atomic mass is 16.4. The van der Waals surface area contributed by atoms with Crippen LogP contribution in [0.5, 0.6) is 0 Å². The van der Waals surface area contributed by atoms with Crippen LogP contribution >= 0.6 is 0 Å². The van der Waals surface area contributed by atoms with Crippen molar-refractivity contribution < 1.29 is 19.8 Å². The normalized spacial score (nSPS) is 12.6. The Morgan fingerprint density at radius 1 is 0.857 bits per heavy atom. The molecule has 0 rings (SSSR count). The van der Waals surface area contributed by atoms with Crippen LogP contribution in [0.25, 0.3) is 0 Å². The van der Waals surface area contributed by atoms with E-state index >= 15 is 0 Å². The molecule has 0 aliphatic heterocycles. The molecular weight excluding hydrogens is 184 g/mol. The van der Waals surface area contributed by atoms with Crippen molar-refractivity contribution in [2.75, 3.05) is 0 Å². The molecule has 14 heavy (non-hydrogen) atoms. The van der Waals surface area contributed by atoms with Crippen molar-refractivity contribution in [3.05, 3.63) is 0 Å². The van der Waals surface area contributed by atoms with Gasteiger partial charge in [-0.1, -0.05) is 27.7 Å². The summed E-state index contributed by atoms with van der Waals surface area (Å²) in [5.41, 5.74) is -1.06. The largest absolute Gasteiger partial charge is 0.481 e. The molecule has 0 aliphatic carbocycles. The molecule has 0 heterocycles. The Kier molecular flexibility index (Phi) is 3.68. The highest BCUT2D eigenvalue weighted by molar-refractivity contribution is 5.69. The molecule has 0 radical (unpaired) electrons. The second kappa shape index (κ2) is 3.98. The second-order valence-corrected chi connectivity index (χ2v) is 4.91. The lowest BCUT2D eigenvalue weighted by Gasteiger charge is -2.39. The average Bonchev–Trinajstić information content (AvgIpc) is 1.78. The molecule has 4 heteroatoms. The van der Waals surface area contributed by atoms with Gasteiger partial charge in [0.15, 0.2) is 0 Å². The van der Waals surface area contributed by atoms with E-state index in [-0.39, 0.29) is 12.8 Å². The molecule has 0 spiro atoms. The van der Waals surface area contributed by atoms with E-state index in [1.807, 2.05) is 0 Å². The van der Waals surface area contributed by atoms with E-state index in [0.717, 1.165) is 0 Å². The number of aliphatic carboxylic acids is 2. The van der Waals surface area contributed by atoms with Crippen molar-refractivity contribution in [3.8, 4) is 0 Å². The summed E-state index contributed by atoms with van der Waals surface area (Å²) in [7, 11) is 0. The fourth-order valence-electron chi connectivity index (χ4n) is 1.23. The number of hydrogen-bond donors (Lipinski definition) is 2. The van der Waals surface area contributed by atoms with Gasteiger partial charge < -0.3 is 10.2 Å². The first-order valence-corrected chi connectivity index (χ1v) is 4.52. The maximum Gasteiger partial charge on any atom is 0.303 e. The summed E-state index contributed by atoms with van der Waals surface area (Å²) in [6.07, 6.45) is -0.0411. The average molecular weight is 202 g/mol. The summed E-state index contributed by atoms with van der Waals surface area (Å²) in [5, 5.41) is 17.4. The van der Waals surface area contributed by atoms with Crippen molar-refractivity contribution in [2.45, 2.75) is 40.5 Å². The van der Waals surface area contributed by atoms with Crippen LogP contribution in [0.15, 0.2) is 0 Å². The minimum absolute atomic E-state index is 0.0206. The maximum atomic E-state index is 10.6. The zero-order valence-corrected chi connectivity index (χ0v) is 9.13. The smallest absolute Gasteiger partial charge is 0.303 e. The lowest BCUT2D eigenvalue weighted by atomic mass is 9.64. The van der Waals surface area contributed by atoms with Crippen molar-refractivity contribution in [3.63, 3.8) is 0 Å². The third-order valence-corrected chi connectivity index (χ3v) is 3.02. The first-order chi connectivity index (χ1) is 6.08. The summed E-state index contributed by atoms with van der Waals surface area (Å²) in [6, 6.07) is 0. The van der Waals surface area contributed by atoms with Gasteiger partial charge >= 0.3 is 11.9 Å². The fraction of sp³-hybridized carbons (Fsp3) is 0.800. The van der Waals surface area contributed by atoms with Gasteiger partial charge in [0.1, 0.15) is 0 Å². The monoisotopic (exact) mass is 202 g/mol. The number of hydrogen-bond acceptors (Lipinski definition) is 2. The van der Waals surface area contributed by atoms with Crippen molar-refractivity contribution in [1.82, 2.24) is 0 Å². The van der Waals surface area contributed by atoms with E-state index in [4.69, 9.17) is 10.2 Å². The van der Waals surface area contributed by atoms with Crippen LogP contribution < -0.4 is 0 Å². The van der Waals surface area contributed by atoms with E-state index in [1.165, 1.54) is 0 Å². The van der Waals surface area contributed by atoms with Gasteiger partial charge in [0.25, 0.3) is 0 Å². The van der Waals surface area contributed by atoms with Crippen LogP contribution in [-0.4, -0.2) is 22.2 Å². The molecule has 0 bridgehead atoms. The van der Waals surface area contributed by atoms with Crippen LogP contribution in [0.1, 0.15) is 40.5 Å². The zero-order chi connectivity index (χ0) is 11.6. The molecule has 0 atom stereocenters.